The average Bonchev–Trinajstić information content (AvgIpc) is 2.77. The number of hydrogen-bond acceptors (Lipinski definition) is 1. The van der Waals surface area contributed by atoms with Crippen molar-refractivity contribution in [3.8, 4) is 0 Å². The second-order valence-corrected chi connectivity index (χ2v) is 8.93. The Kier molecular flexibility index (Phi) is 4.73. The molecular formula is C28H29NO. The second kappa shape index (κ2) is 7.43. The normalized spacial score (nSPS) is 23.6. The lowest BCUT2D eigenvalue weighted by atomic mass is 9.53. The first-order chi connectivity index (χ1) is 14.6. The van der Waals surface area contributed by atoms with Crippen LogP contribution in [-0.2, 0) is 4.79 Å². The van der Waals surface area contributed by atoms with E-state index in [0.29, 0.717) is 11.8 Å². The molecule has 6 rings (SSSR count). The van der Waals surface area contributed by atoms with Crippen molar-refractivity contribution in [1.29, 1.82) is 0 Å². The highest BCUT2D eigenvalue weighted by molar-refractivity contribution is 5.95. The maximum absolute atomic E-state index is 13.8. The summed E-state index contributed by atoms with van der Waals surface area (Å²) in [5.41, 5.74) is 8.84. The number of carbonyl (C=O) groups is 1. The SMILES string of the molecule is CCC[C@@H]1C2c3ccccc3C(c3ccccc32)[C@@H]1C(=O)Nc1cccc(C)c1C. The van der Waals surface area contributed by atoms with E-state index in [2.05, 4.69) is 80.7 Å². The first-order valence-corrected chi connectivity index (χ1v) is 11.2. The van der Waals surface area contributed by atoms with Crippen LogP contribution in [0.1, 0.15) is 65.0 Å². The van der Waals surface area contributed by atoms with E-state index in [1.54, 1.807) is 0 Å². The first-order valence-electron chi connectivity index (χ1n) is 11.2. The van der Waals surface area contributed by atoms with E-state index >= 15 is 0 Å². The highest BCUT2D eigenvalue weighted by Crippen LogP contribution is 2.59. The molecule has 30 heavy (non-hydrogen) atoms. The van der Waals surface area contributed by atoms with Crippen molar-refractivity contribution in [3.05, 3.63) is 100 Å². The topological polar surface area (TPSA) is 29.1 Å². The van der Waals surface area contributed by atoms with E-state index in [0.717, 1.165) is 24.1 Å². The Morgan fingerprint density at radius 2 is 1.37 bits per heavy atom. The van der Waals surface area contributed by atoms with Crippen molar-refractivity contribution >= 4 is 11.6 Å². The number of amides is 1. The summed E-state index contributed by atoms with van der Waals surface area (Å²) in [6.45, 7) is 6.42. The quantitative estimate of drug-likeness (QED) is 0.532. The van der Waals surface area contributed by atoms with E-state index in [9.17, 15) is 4.79 Å². The minimum Gasteiger partial charge on any atom is -0.326 e. The standard InChI is InChI=1S/C28H29NO/c1-4-10-23-25-19-12-5-7-14-21(19)26(22-15-8-6-13-20(22)25)27(23)28(30)29-24-16-9-11-17(2)18(24)3/h5-9,11-16,23,25-27H,4,10H2,1-3H3,(H,29,30)/t23-,25?,26?,27-/m1/s1. The van der Waals surface area contributed by atoms with E-state index in [1.165, 1.54) is 27.8 Å². The Hall–Kier alpha value is -2.87. The zero-order valence-electron chi connectivity index (χ0n) is 18.0. The van der Waals surface area contributed by atoms with Crippen molar-refractivity contribution in [2.24, 2.45) is 11.8 Å². The van der Waals surface area contributed by atoms with Crippen LogP contribution in [0.25, 0.3) is 0 Å². The number of hydrogen-bond donors (Lipinski definition) is 1. The molecule has 3 aromatic carbocycles. The van der Waals surface area contributed by atoms with Gasteiger partial charge in [-0.05, 0) is 65.6 Å². The number of anilines is 1. The molecule has 3 aliphatic carbocycles. The van der Waals surface area contributed by atoms with Crippen LogP contribution in [0.2, 0.25) is 0 Å². The lowest BCUT2D eigenvalue weighted by Gasteiger charge is -2.50. The van der Waals surface area contributed by atoms with Gasteiger partial charge in [0.2, 0.25) is 5.91 Å². The number of carbonyl (C=O) groups excluding carboxylic acids is 1. The Labute approximate surface area is 179 Å². The minimum absolute atomic E-state index is 0.0420. The van der Waals surface area contributed by atoms with E-state index in [4.69, 9.17) is 0 Å². The number of rotatable bonds is 4. The van der Waals surface area contributed by atoms with E-state index in [-0.39, 0.29) is 17.7 Å². The number of nitrogens with one attached hydrogen (secondary N) is 1. The average molecular weight is 396 g/mol. The van der Waals surface area contributed by atoms with Crippen LogP contribution in [0.3, 0.4) is 0 Å². The zero-order valence-corrected chi connectivity index (χ0v) is 18.0. The number of fused-ring (bicyclic) bond motifs is 1. The molecule has 152 valence electrons. The Morgan fingerprint density at radius 3 is 1.93 bits per heavy atom. The monoisotopic (exact) mass is 395 g/mol. The fraction of sp³-hybridized carbons (Fsp3) is 0.321. The Morgan fingerprint density at radius 1 is 0.800 bits per heavy atom. The van der Waals surface area contributed by atoms with Crippen molar-refractivity contribution in [3.63, 3.8) is 0 Å². The number of benzene rings is 3. The van der Waals surface area contributed by atoms with Crippen molar-refractivity contribution in [2.45, 2.75) is 45.4 Å². The summed E-state index contributed by atoms with van der Waals surface area (Å²) in [6.07, 6.45) is 2.15. The third-order valence-corrected chi connectivity index (χ3v) is 7.37. The Bertz CT molecular complexity index is 1070. The summed E-state index contributed by atoms with van der Waals surface area (Å²) < 4.78 is 0. The van der Waals surface area contributed by atoms with Gasteiger partial charge < -0.3 is 5.32 Å². The summed E-state index contributed by atoms with van der Waals surface area (Å²) in [6, 6.07) is 23.7. The summed E-state index contributed by atoms with van der Waals surface area (Å²) in [4.78, 5) is 13.8. The fourth-order valence-corrected chi connectivity index (χ4v) is 5.92. The molecule has 0 spiro atoms. The molecule has 2 nitrogen and oxygen atoms in total. The predicted octanol–water partition coefficient (Wildman–Crippen LogP) is 6.57. The zero-order chi connectivity index (χ0) is 20.8. The molecule has 0 aromatic heterocycles. The van der Waals surface area contributed by atoms with Crippen LogP contribution in [0.4, 0.5) is 5.69 Å². The van der Waals surface area contributed by atoms with Gasteiger partial charge in [-0.3, -0.25) is 4.79 Å². The molecule has 3 aromatic rings. The van der Waals surface area contributed by atoms with Crippen LogP contribution in [-0.4, -0.2) is 5.91 Å². The molecule has 1 amide bonds. The van der Waals surface area contributed by atoms with Gasteiger partial charge in [0.15, 0.2) is 0 Å². The van der Waals surface area contributed by atoms with Crippen molar-refractivity contribution in [2.75, 3.05) is 5.32 Å². The molecule has 2 atom stereocenters. The summed E-state index contributed by atoms with van der Waals surface area (Å²) in [5, 5.41) is 3.32. The maximum atomic E-state index is 13.8. The molecule has 0 saturated carbocycles. The molecule has 0 fully saturated rings. The van der Waals surface area contributed by atoms with Crippen LogP contribution in [0, 0.1) is 25.7 Å². The van der Waals surface area contributed by atoms with Gasteiger partial charge in [0.25, 0.3) is 0 Å². The van der Waals surface area contributed by atoms with Gasteiger partial charge >= 0.3 is 0 Å². The summed E-state index contributed by atoms with van der Waals surface area (Å²) in [7, 11) is 0. The Balaban J connectivity index is 1.63. The second-order valence-electron chi connectivity index (χ2n) is 8.93. The largest absolute Gasteiger partial charge is 0.326 e. The predicted molar refractivity (Wildman–Crippen MR) is 123 cm³/mol. The fourth-order valence-electron chi connectivity index (χ4n) is 5.92. The van der Waals surface area contributed by atoms with Crippen LogP contribution < -0.4 is 5.32 Å². The van der Waals surface area contributed by atoms with Crippen LogP contribution in [0.5, 0.6) is 0 Å². The van der Waals surface area contributed by atoms with Gasteiger partial charge in [-0.1, -0.05) is 74.0 Å². The van der Waals surface area contributed by atoms with Gasteiger partial charge in [-0.2, -0.15) is 0 Å². The van der Waals surface area contributed by atoms with Gasteiger partial charge in [-0.15, -0.1) is 0 Å². The summed E-state index contributed by atoms with van der Waals surface area (Å²) >= 11 is 0. The van der Waals surface area contributed by atoms with Gasteiger partial charge in [0.05, 0.1) is 5.92 Å². The van der Waals surface area contributed by atoms with Gasteiger partial charge in [-0.25, -0.2) is 0 Å². The van der Waals surface area contributed by atoms with Gasteiger partial charge in [0.1, 0.15) is 0 Å². The van der Waals surface area contributed by atoms with Gasteiger partial charge in [0, 0.05) is 17.5 Å². The molecule has 2 bridgehead atoms. The molecule has 0 heterocycles. The molecule has 0 saturated heterocycles. The molecule has 1 N–H and O–H groups in total. The molecule has 2 heteroatoms. The molecule has 0 unspecified atom stereocenters. The highest BCUT2D eigenvalue weighted by atomic mass is 16.1. The maximum Gasteiger partial charge on any atom is 0.228 e. The minimum atomic E-state index is -0.0420. The van der Waals surface area contributed by atoms with Crippen LogP contribution >= 0.6 is 0 Å². The third-order valence-electron chi connectivity index (χ3n) is 7.37. The molecule has 0 aliphatic heterocycles. The highest BCUT2D eigenvalue weighted by Gasteiger charge is 2.51. The number of aryl methyl sites for hydroxylation is 1. The van der Waals surface area contributed by atoms with Crippen molar-refractivity contribution < 1.29 is 4.79 Å². The van der Waals surface area contributed by atoms with Crippen molar-refractivity contribution in [1.82, 2.24) is 0 Å². The van der Waals surface area contributed by atoms with Crippen LogP contribution in [0.15, 0.2) is 66.7 Å². The lowest BCUT2D eigenvalue weighted by molar-refractivity contribution is -0.123. The molecular weight excluding hydrogens is 366 g/mol. The molecule has 3 aliphatic rings. The third kappa shape index (κ3) is 2.81. The first kappa shape index (κ1) is 19.1. The van der Waals surface area contributed by atoms with E-state index < -0.39 is 0 Å². The molecule has 0 radical (unpaired) electrons. The smallest absolute Gasteiger partial charge is 0.228 e. The van der Waals surface area contributed by atoms with E-state index in [1.807, 2.05) is 12.1 Å². The lowest BCUT2D eigenvalue weighted by Crippen LogP contribution is -2.45. The summed E-state index contributed by atoms with van der Waals surface area (Å²) in [5.74, 6) is 0.886.